The van der Waals surface area contributed by atoms with Crippen LogP contribution in [0.25, 0.3) is 0 Å². The van der Waals surface area contributed by atoms with Crippen LogP contribution in [0.1, 0.15) is 39.0 Å². The van der Waals surface area contributed by atoms with Crippen molar-refractivity contribution in [2.45, 2.75) is 47.7 Å². The molecule has 0 saturated heterocycles. The van der Waals surface area contributed by atoms with Gasteiger partial charge in [-0.25, -0.2) is 0 Å². The highest BCUT2D eigenvalue weighted by Crippen LogP contribution is 2.21. The second kappa shape index (κ2) is 4.82. The van der Waals surface area contributed by atoms with E-state index in [4.69, 9.17) is 0 Å². The van der Waals surface area contributed by atoms with Crippen molar-refractivity contribution in [1.82, 2.24) is 15.1 Å². The predicted molar refractivity (Wildman–Crippen MR) is 70.9 cm³/mol. The van der Waals surface area contributed by atoms with Gasteiger partial charge in [-0.05, 0) is 13.8 Å². The summed E-state index contributed by atoms with van der Waals surface area (Å²) in [5, 5.41) is 6.05. The summed E-state index contributed by atoms with van der Waals surface area (Å²) >= 11 is 0. The number of aromatic nitrogens is 2. The number of aryl methyl sites for hydroxylation is 1. The Bertz CT molecular complexity index is 460. The highest BCUT2D eigenvalue weighted by atomic mass is 16.1. The average Bonchev–Trinajstić information content (AvgIpc) is 2.49. The quantitative estimate of drug-likeness (QED) is 0.843. The van der Waals surface area contributed by atoms with Gasteiger partial charge in [0.05, 0.1) is 5.56 Å². The summed E-state index contributed by atoms with van der Waals surface area (Å²) in [5.74, 6) is 0. The summed E-state index contributed by atoms with van der Waals surface area (Å²) in [5.41, 5.74) is 2.72. The van der Waals surface area contributed by atoms with Gasteiger partial charge in [0.2, 0.25) is 0 Å². The van der Waals surface area contributed by atoms with Gasteiger partial charge in [0, 0.05) is 29.9 Å². The Hall–Kier alpha value is -1.45. The third kappa shape index (κ3) is 3.02. The van der Waals surface area contributed by atoms with Crippen molar-refractivity contribution in [3.8, 4) is 0 Å². The molecule has 0 aliphatic heterocycles. The second-order valence-corrected chi connectivity index (χ2v) is 5.33. The van der Waals surface area contributed by atoms with E-state index in [0.29, 0.717) is 6.54 Å². The fraction of sp³-hybridized carbons (Fsp3) is 0.615. The standard InChI is InChI=1S/C13H23N3O/c1-7-16-9(2)11(12(17)15-16)8-14-10(3)13(4,5)6/h14H,3,7-8H2,1-2,4-6H3,(H,15,17). The van der Waals surface area contributed by atoms with Crippen LogP contribution in [-0.2, 0) is 13.1 Å². The maximum Gasteiger partial charge on any atom is 0.269 e. The van der Waals surface area contributed by atoms with Crippen LogP contribution in [0.3, 0.4) is 0 Å². The number of aromatic amines is 1. The zero-order chi connectivity index (χ0) is 13.2. The first-order valence-electron chi connectivity index (χ1n) is 5.99. The third-order valence-corrected chi connectivity index (χ3v) is 3.05. The summed E-state index contributed by atoms with van der Waals surface area (Å²) in [6, 6.07) is 0. The van der Waals surface area contributed by atoms with E-state index in [0.717, 1.165) is 23.5 Å². The Labute approximate surface area is 103 Å². The van der Waals surface area contributed by atoms with Gasteiger partial charge in [-0.2, -0.15) is 0 Å². The molecule has 1 aromatic heterocycles. The number of allylic oxidation sites excluding steroid dienone is 1. The Balaban J connectivity index is 2.80. The van der Waals surface area contributed by atoms with E-state index in [9.17, 15) is 4.79 Å². The first-order chi connectivity index (χ1) is 7.77. The zero-order valence-electron chi connectivity index (χ0n) is 11.5. The second-order valence-electron chi connectivity index (χ2n) is 5.33. The van der Waals surface area contributed by atoms with Gasteiger partial charge < -0.3 is 5.32 Å². The van der Waals surface area contributed by atoms with Gasteiger partial charge in [0.1, 0.15) is 0 Å². The molecular weight excluding hydrogens is 214 g/mol. The van der Waals surface area contributed by atoms with E-state index in [1.54, 1.807) is 0 Å². The van der Waals surface area contributed by atoms with Crippen LogP contribution in [0, 0.1) is 12.3 Å². The minimum Gasteiger partial charge on any atom is -0.384 e. The Kier molecular flexibility index (Phi) is 3.86. The largest absolute Gasteiger partial charge is 0.384 e. The van der Waals surface area contributed by atoms with Crippen molar-refractivity contribution in [1.29, 1.82) is 0 Å². The van der Waals surface area contributed by atoms with E-state index < -0.39 is 0 Å². The summed E-state index contributed by atoms with van der Waals surface area (Å²) in [4.78, 5) is 11.7. The number of nitrogens with zero attached hydrogens (tertiary/aromatic N) is 1. The molecule has 0 aliphatic carbocycles. The fourth-order valence-corrected chi connectivity index (χ4v) is 1.59. The number of hydrogen-bond donors (Lipinski definition) is 2. The van der Waals surface area contributed by atoms with Crippen molar-refractivity contribution in [2.75, 3.05) is 0 Å². The van der Waals surface area contributed by atoms with Crippen molar-refractivity contribution >= 4 is 0 Å². The van der Waals surface area contributed by atoms with Crippen molar-refractivity contribution < 1.29 is 0 Å². The topological polar surface area (TPSA) is 49.8 Å². The van der Waals surface area contributed by atoms with Crippen LogP contribution in [0.5, 0.6) is 0 Å². The van der Waals surface area contributed by atoms with E-state index in [-0.39, 0.29) is 11.0 Å². The zero-order valence-corrected chi connectivity index (χ0v) is 11.5. The molecule has 1 heterocycles. The molecule has 0 radical (unpaired) electrons. The molecule has 4 heteroatoms. The molecule has 1 rings (SSSR count). The van der Waals surface area contributed by atoms with Gasteiger partial charge in [-0.1, -0.05) is 27.4 Å². The minimum absolute atomic E-state index is 0.00793. The van der Waals surface area contributed by atoms with Crippen LogP contribution < -0.4 is 10.9 Å². The van der Waals surface area contributed by atoms with E-state index in [2.05, 4.69) is 37.8 Å². The van der Waals surface area contributed by atoms with Crippen LogP contribution >= 0.6 is 0 Å². The van der Waals surface area contributed by atoms with Gasteiger partial charge in [0.15, 0.2) is 0 Å². The molecule has 0 bridgehead atoms. The molecule has 1 aromatic rings. The molecule has 4 nitrogen and oxygen atoms in total. The molecule has 0 atom stereocenters. The van der Waals surface area contributed by atoms with Gasteiger partial charge >= 0.3 is 0 Å². The Morgan fingerprint density at radius 1 is 1.47 bits per heavy atom. The highest BCUT2D eigenvalue weighted by molar-refractivity contribution is 5.17. The van der Waals surface area contributed by atoms with E-state index in [1.165, 1.54) is 0 Å². The molecule has 0 aromatic carbocycles. The Morgan fingerprint density at radius 3 is 2.47 bits per heavy atom. The normalized spacial score (nSPS) is 11.6. The smallest absolute Gasteiger partial charge is 0.269 e. The summed E-state index contributed by atoms with van der Waals surface area (Å²) in [6.07, 6.45) is 0. The lowest BCUT2D eigenvalue weighted by Crippen LogP contribution is -2.25. The molecule has 0 spiro atoms. The van der Waals surface area contributed by atoms with Gasteiger partial charge in [-0.3, -0.25) is 14.6 Å². The number of hydrogen-bond acceptors (Lipinski definition) is 2. The lowest BCUT2D eigenvalue weighted by molar-refractivity contribution is 0.461. The third-order valence-electron chi connectivity index (χ3n) is 3.05. The monoisotopic (exact) mass is 237 g/mol. The maximum absolute atomic E-state index is 11.7. The van der Waals surface area contributed by atoms with E-state index >= 15 is 0 Å². The lowest BCUT2D eigenvalue weighted by Gasteiger charge is -2.23. The maximum atomic E-state index is 11.7. The van der Waals surface area contributed by atoms with Crippen molar-refractivity contribution in [2.24, 2.45) is 5.41 Å². The van der Waals surface area contributed by atoms with Crippen molar-refractivity contribution in [3.63, 3.8) is 0 Å². The summed E-state index contributed by atoms with van der Waals surface area (Å²) in [6.45, 7) is 15.6. The Morgan fingerprint density at radius 2 is 2.06 bits per heavy atom. The summed E-state index contributed by atoms with van der Waals surface area (Å²) < 4.78 is 1.86. The van der Waals surface area contributed by atoms with Crippen LogP contribution in [0.2, 0.25) is 0 Å². The van der Waals surface area contributed by atoms with Crippen molar-refractivity contribution in [3.05, 3.63) is 33.9 Å². The lowest BCUT2D eigenvalue weighted by atomic mass is 9.93. The summed E-state index contributed by atoms with van der Waals surface area (Å²) in [7, 11) is 0. The fourth-order valence-electron chi connectivity index (χ4n) is 1.59. The minimum atomic E-state index is -0.0152. The number of nitrogens with one attached hydrogen (secondary N) is 2. The molecule has 0 saturated carbocycles. The molecule has 0 amide bonds. The van der Waals surface area contributed by atoms with Crippen LogP contribution in [-0.4, -0.2) is 9.78 Å². The molecule has 96 valence electrons. The molecular formula is C13H23N3O. The molecule has 17 heavy (non-hydrogen) atoms. The highest BCUT2D eigenvalue weighted by Gasteiger charge is 2.16. The average molecular weight is 237 g/mol. The molecule has 0 unspecified atom stereocenters. The molecule has 0 fully saturated rings. The first kappa shape index (κ1) is 13.6. The molecule has 2 N–H and O–H groups in total. The van der Waals surface area contributed by atoms with Gasteiger partial charge in [0.25, 0.3) is 5.56 Å². The van der Waals surface area contributed by atoms with E-state index in [1.807, 2.05) is 18.5 Å². The molecule has 0 aliphatic rings. The SMILES string of the molecule is C=C(NCc1c(C)n(CC)[nH]c1=O)C(C)(C)C. The van der Waals surface area contributed by atoms with Gasteiger partial charge in [-0.15, -0.1) is 0 Å². The van der Waals surface area contributed by atoms with Crippen LogP contribution in [0.15, 0.2) is 17.1 Å². The number of rotatable bonds is 4. The predicted octanol–water partition coefficient (Wildman–Crippen LogP) is 2.15. The number of H-pyrrole nitrogens is 1. The first-order valence-corrected chi connectivity index (χ1v) is 5.99. The van der Waals surface area contributed by atoms with Crippen LogP contribution in [0.4, 0.5) is 0 Å².